The molecule has 4 heterocycles. The lowest BCUT2D eigenvalue weighted by atomic mass is 9.91. The van der Waals surface area contributed by atoms with Gasteiger partial charge in [0.15, 0.2) is 17.6 Å². The van der Waals surface area contributed by atoms with Crippen molar-refractivity contribution < 1.29 is 56.4 Å². The average Bonchev–Trinajstić information content (AvgIpc) is 2.93. The number of aromatic hydroxyl groups is 1. The summed E-state index contributed by atoms with van der Waals surface area (Å²) in [6.45, 7) is 2.66. The molecule has 0 bridgehead atoms. The van der Waals surface area contributed by atoms with Crippen molar-refractivity contribution in [2.45, 2.75) is 63.1 Å². The zero-order valence-electron chi connectivity index (χ0n) is 22.6. The molecule has 232 valence electrons. The first-order valence-corrected chi connectivity index (χ1v) is 13.0. The minimum absolute atomic E-state index is 0.272. The summed E-state index contributed by atoms with van der Waals surface area (Å²) in [5.74, 6) is -14.2. The van der Waals surface area contributed by atoms with E-state index in [1.165, 1.54) is 26.1 Å². The van der Waals surface area contributed by atoms with Crippen molar-refractivity contribution in [3.63, 3.8) is 0 Å². The Kier molecular flexibility index (Phi) is 9.44. The molecule has 0 saturated carbocycles. The summed E-state index contributed by atoms with van der Waals surface area (Å²) in [7, 11) is 0. The van der Waals surface area contributed by atoms with Gasteiger partial charge in [0.05, 0.1) is 24.2 Å². The summed E-state index contributed by atoms with van der Waals surface area (Å²) in [6, 6.07) is -2.48. The number of aromatic nitrogens is 2. The second-order valence-corrected chi connectivity index (χ2v) is 10.0. The Labute approximate surface area is 241 Å². The van der Waals surface area contributed by atoms with Gasteiger partial charge in [-0.1, -0.05) is 6.92 Å². The third-order valence-corrected chi connectivity index (χ3v) is 7.17. The average molecular weight is 614 g/mol. The quantitative estimate of drug-likeness (QED) is 0.171. The maximum absolute atomic E-state index is 14.6. The van der Waals surface area contributed by atoms with E-state index in [4.69, 9.17) is 9.47 Å². The smallest absolute Gasteiger partial charge is 0.331 e. The van der Waals surface area contributed by atoms with E-state index < -0.39 is 113 Å². The minimum Gasteiger partial charge on any atom is -0.505 e. The molecule has 0 spiro atoms. The molecule has 7 atom stereocenters. The summed E-state index contributed by atoms with van der Waals surface area (Å²) in [6.07, 6.45) is -3.77. The molecule has 13 nitrogen and oxygen atoms in total. The van der Waals surface area contributed by atoms with Crippen LogP contribution in [0.2, 0.25) is 0 Å². The highest BCUT2D eigenvalue weighted by atomic mass is 19.2. The Bertz CT molecular complexity index is 1430. The van der Waals surface area contributed by atoms with E-state index in [1.807, 2.05) is 0 Å². The van der Waals surface area contributed by atoms with Gasteiger partial charge in [-0.05, 0) is 25.5 Å². The van der Waals surface area contributed by atoms with Gasteiger partial charge in [-0.2, -0.15) is 18.2 Å². The number of nitrogens with one attached hydrogen (secondary N) is 3. The third kappa shape index (κ3) is 6.67. The number of pyridine rings is 2. The number of carbonyl (C=O) groups is 4. The molecular formula is C26H27F4N5O8. The highest BCUT2D eigenvalue weighted by molar-refractivity contribution is 5.98. The second-order valence-electron chi connectivity index (χ2n) is 10.0. The molecule has 2 unspecified atom stereocenters. The molecule has 2 aliphatic heterocycles. The lowest BCUT2D eigenvalue weighted by Crippen LogP contribution is -2.62. The van der Waals surface area contributed by atoms with Crippen LogP contribution in [0.15, 0.2) is 18.3 Å². The van der Waals surface area contributed by atoms with Crippen molar-refractivity contribution in [3.05, 3.63) is 53.1 Å². The molecule has 5 N–H and O–H groups in total. The Hall–Kier alpha value is -4.38. The number of hydrogen-bond acceptors (Lipinski definition) is 10. The van der Waals surface area contributed by atoms with E-state index in [0.29, 0.717) is 6.42 Å². The number of ether oxygens (including phenoxy) is 2. The van der Waals surface area contributed by atoms with Gasteiger partial charge in [0.1, 0.15) is 17.9 Å². The largest absolute Gasteiger partial charge is 0.505 e. The van der Waals surface area contributed by atoms with E-state index >= 15 is 0 Å². The predicted octanol–water partition coefficient (Wildman–Crippen LogP) is -0.219. The Morgan fingerprint density at radius 2 is 1.79 bits per heavy atom. The first kappa shape index (κ1) is 31.6. The lowest BCUT2D eigenvalue weighted by Gasteiger charge is -2.37. The number of halogens is 4. The Morgan fingerprint density at radius 3 is 2.42 bits per heavy atom. The standard InChI is InChI=1S/C26H27F4N5O8/c1-9-20(37)12(8-11-15(27)16(28)22(30)35-21(11)29)32-24(39)17(33-25(40)18-13(36)4-3-6-31-18)10(2)43-26(41)19(34-23(9)38)14-5-7-42-14/h3-4,6,9-10,12,14,17,19-20,36-37H,5,7-8H2,1-2H3,(H,32,39)(H,33,40)(H,34,38)/t9-,10-,12+,14?,17+,19?,20+/m1/s1. The molecule has 0 radical (unpaired) electrons. The Morgan fingerprint density at radius 1 is 1.09 bits per heavy atom. The highest BCUT2D eigenvalue weighted by Crippen LogP contribution is 2.23. The van der Waals surface area contributed by atoms with Crippen molar-refractivity contribution >= 4 is 23.7 Å². The fourth-order valence-electron chi connectivity index (χ4n) is 4.55. The van der Waals surface area contributed by atoms with Crippen LogP contribution in [0.3, 0.4) is 0 Å². The number of hydrogen-bond donors (Lipinski definition) is 5. The molecule has 0 aromatic carbocycles. The normalized spacial score (nSPS) is 28.3. The molecule has 3 amide bonds. The van der Waals surface area contributed by atoms with E-state index in [0.717, 1.165) is 6.07 Å². The van der Waals surface area contributed by atoms with E-state index in [-0.39, 0.29) is 6.61 Å². The monoisotopic (exact) mass is 613 g/mol. The minimum atomic E-state index is -2.11. The maximum atomic E-state index is 14.6. The zero-order chi connectivity index (χ0) is 31.6. The SMILES string of the molecule is C[C@H]1OC(=O)C(C2CCO2)NC(=O)[C@H](C)[C@H](O)[C@H](Cc2c(F)nc(F)c(F)c2F)NC(=O)[C@H]1NC(=O)c1ncccc1O. The second kappa shape index (κ2) is 12.9. The van der Waals surface area contributed by atoms with Crippen molar-refractivity contribution in [3.8, 4) is 5.75 Å². The molecule has 17 heteroatoms. The number of carbonyl (C=O) groups excluding carboxylic acids is 4. The fraction of sp³-hybridized carbons (Fsp3) is 0.462. The number of cyclic esters (lactones) is 1. The Balaban J connectivity index is 1.73. The number of aliphatic hydroxyl groups excluding tert-OH is 1. The molecule has 43 heavy (non-hydrogen) atoms. The van der Waals surface area contributed by atoms with Gasteiger partial charge in [-0.3, -0.25) is 14.4 Å². The van der Waals surface area contributed by atoms with Crippen LogP contribution in [0.1, 0.15) is 36.3 Å². The summed E-state index contributed by atoms with van der Waals surface area (Å²) < 4.78 is 67.1. The van der Waals surface area contributed by atoms with Crippen LogP contribution in [0.5, 0.6) is 5.75 Å². The fourth-order valence-corrected chi connectivity index (χ4v) is 4.55. The first-order valence-electron chi connectivity index (χ1n) is 13.0. The first-order chi connectivity index (χ1) is 20.3. The summed E-state index contributed by atoms with van der Waals surface area (Å²) in [5, 5.41) is 28.0. The molecule has 2 aromatic heterocycles. The summed E-state index contributed by atoms with van der Waals surface area (Å²) in [4.78, 5) is 59.0. The van der Waals surface area contributed by atoms with Gasteiger partial charge in [-0.25, -0.2) is 14.2 Å². The van der Waals surface area contributed by atoms with E-state index in [2.05, 4.69) is 25.9 Å². The van der Waals surface area contributed by atoms with Crippen LogP contribution < -0.4 is 16.0 Å². The summed E-state index contributed by atoms with van der Waals surface area (Å²) >= 11 is 0. The lowest BCUT2D eigenvalue weighted by molar-refractivity contribution is -0.166. The number of esters is 1. The van der Waals surface area contributed by atoms with Gasteiger partial charge in [0.2, 0.25) is 23.6 Å². The number of amides is 3. The molecule has 2 aliphatic rings. The van der Waals surface area contributed by atoms with Crippen molar-refractivity contribution in [2.24, 2.45) is 5.92 Å². The number of rotatable bonds is 5. The molecule has 4 rings (SSSR count). The van der Waals surface area contributed by atoms with Gasteiger partial charge < -0.3 is 35.6 Å². The number of aliphatic hydroxyl groups is 1. The highest BCUT2D eigenvalue weighted by Gasteiger charge is 2.43. The van der Waals surface area contributed by atoms with Crippen LogP contribution in [0, 0.1) is 29.4 Å². The van der Waals surface area contributed by atoms with Crippen LogP contribution in [-0.2, 0) is 30.3 Å². The van der Waals surface area contributed by atoms with Crippen molar-refractivity contribution in [2.75, 3.05) is 6.61 Å². The summed E-state index contributed by atoms with van der Waals surface area (Å²) in [5.41, 5.74) is -1.66. The molecule has 2 fully saturated rings. The van der Waals surface area contributed by atoms with Gasteiger partial charge in [0.25, 0.3) is 11.9 Å². The van der Waals surface area contributed by atoms with Crippen molar-refractivity contribution in [1.29, 1.82) is 0 Å². The topological polar surface area (TPSA) is 189 Å². The van der Waals surface area contributed by atoms with Gasteiger partial charge in [0, 0.05) is 24.8 Å². The number of nitrogens with zero attached hydrogens (tertiary/aromatic N) is 2. The maximum Gasteiger partial charge on any atom is 0.331 e. The molecule has 2 aromatic rings. The zero-order valence-corrected chi connectivity index (χ0v) is 22.6. The van der Waals surface area contributed by atoms with Crippen LogP contribution >= 0.6 is 0 Å². The molecule has 2 saturated heterocycles. The molecular weight excluding hydrogens is 586 g/mol. The predicted molar refractivity (Wildman–Crippen MR) is 134 cm³/mol. The molecule has 0 aliphatic carbocycles. The van der Waals surface area contributed by atoms with Gasteiger partial charge >= 0.3 is 5.97 Å². The van der Waals surface area contributed by atoms with E-state index in [1.54, 1.807) is 0 Å². The van der Waals surface area contributed by atoms with Crippen LogP contribution in [-0.4, -0.2) is 86.9 Å². The van der Waals surface area contributed by atoms with Gasteiger partial charge in [-0.15, -0.1) is 0 Å². The van der Waals surface area contributed by atoms with Crippen LogP contribution in [0.4, 0.5) is 17.6 Å². The van der Waals surface area contributed by atoms with E-state index in [9.17, 15) is 47.0 Å². The van der Waals surface area contributed by atoms with Crippen LogP contribution in [0.25, 0.3) is 0 Å². The van der Waals surface area contributed by atoms with Crippen molar-refractivity contribution in [1.82, 2.24) is 25.9 Å². The third-order valence-electron chi connectivity index (χ3n) is 7.17.